The minimum atomic E-state index is -0.222. The van der Waals surface area contributed by atoms with Crippen LogP contribution >= 0.6 is 0 Å². The summed E-state index contributed by atoms with van der Waals surface area (Å²) in [6.45, 7) is 3.51. The van der Waals surface area contributed by atoms with E-state index < -0.39 is 0 Å². The molecule has 1 saturated carbocycles. The Morgan fingerprint density at radius 1 is 1.12 bits per heavy atom. The fraction of sp³-hybridized carbons (Fsp3) is 0.391. The second kappa shape index (κ2) is 8.33. The van der Waals surface area contributed by atoms with Crippen LogP contribution in [-0.2, 0) is 5.34 Å². The van der Waals surface area contributed by atoms with Crippen LogP contribution in [0, 0.1) is 0 Å². The van der Waals surface area contributed by atoms with Crippen molar-refractivity contribution in [1.29, 1.82) is 0 Å². The Morgan fingerprint density at radius 3 is 2.52 bits per heavy atom. The Hall–Kier alpha value is -3.13. The Labute approximate surface area is 194 Å². The number of amides is 1. The van der Waals surface area contributed by atoms with E-state index in [4.69, 9.17) is 4.98 Å². The molecule has 0 spiro atoms. The van der Waals surface area contributed by atoms with Crippen LogP contribution in [-0.4, -0.2) is 74.7 Å². The highest BCUT2D eigenvalue weighted by Crippen LogP contribution is 2.38. The molecule has 0 bridgehead atoms. The molecule has 5 rings (SSSR count). The van der Waals surface area contributed by atoms with Gasteiger partial charge in [-0.05, 0) is 53.9 Å². The normalized spacial score (nSPS) is 17.3. The smallest absolute Gasteiger partial charge is 0.269 e. The average molecular weight is 442 g/mol. The van der Waals surface area contributed by atoms with Gasteiger partial charge in [-0.25, -0.2) is 4.98 Å². The third-order valence-electron chi connectivity index (χ3n) is 7.09. The predicted octanol–water partition coefficient (Wildman–Crippen LogP) is -0.246. The second-order valence-electron chi connectivity index (χ2n) is 9.50. The van der Waals surface area contributed by atoms with Gasteiger partial charge in [-0.3, -0.25) is 14.6 Å². The summed E-state index contributed by atoms with van der Waals surface area (Å²) in [5.74, 6) is 0.227. The van der Waals surface area contributed by atoms with Gasteiger partial charge >= 0.3 is 0 Å². The maximum atomic E-state index is 12.5. The maximum absolute atomic E-state index is 12.5. The van der Waals surface area contributed by atoms with Gasteiger partial charge in [0.05, 0.1) is 22.9 Å². The topological polar surface area (TPSA) is 94.2 Å². The first-order chi connectivity index (χ1) is 15.9. The molecule has 1 saturated heterocycles. The molecule has 4 heterocycles. The number of rotatable bonds is 5. The number of carbonyl (C=O) groups is 1. The average Bonchev–Trinajstić information content (AvgIpc) is 3.68. The third kappa shape index (κ3) is 4.15. The number of nitrogens with one attached hydrogen (secondary N) is 2. The van der Waals surface area contributed by atoms with Crippen LogP contribution in [0.2, 0.25) is 0 Å². The first-order valence-corrected chi connectivity index (χ1v) is 11.6. The van der Waals surface area contributed by atoms with Gasteiger partial charge in [0.2, 0.25) is 0 Å². The molecule has 168 valence electrons. The van der Waals surface area contributed by atoms with Crippen molar-refractivity contribution in [2.24, 2.45) is 0 Å². The number of piperazine rings is 1. The summed E-state index contributed by atoms with van der Waals surface area (Å²) < 4.78 is 0. The molecular weight excluding hydrogens is 414 g/mol. The first-order valence-electron chi connectivity index (χ1n) is 11.6. The lowest BCUT2D eigenvalue weighted by molar-refractivity contribution is 0.0958. The highest BCUT2D eigenvalue weighted by atomic mass is 16.1. The zero-order chi connectivity index (χ0) is 23.2. The highest BCUT2D eigenvalue weighted by molar-refractivity contribution is 6.39. The van der Waals surface area contributed by atoms with E-state index in [-0.39, 0.29) is 16.8 Å². The molecule has 10 heteroatoms. The number of hydrogen-bond acceptors (Lipinski definition) is 6. The van der Waals surface area contributed by atoms with E-state index in [0.717, 1.165) is 66.9 Å². The van der Waals surface area contributed by atoms with E-state index in [1.54, 1.807) is 19.3 Å². The number of pyridine rings is 3. The Kier molecular flexibility index (Phi) is 5.48. The molecule has 2 aliphatic rings. The summed E-state index contributed by atoms with van der Waals surface area (Å²) in [5, 5.41) is 2.37. The van der Waals surface area contributed by atoms with E-state index in [1.807, 2.05) is 18.3 Å². The van der Waals surface area contributed by atoms with Crippen molar-refractivity contribution in [3.63, 3.8) is 0 Å². The largest absolute Gasteiger partial charge is 0.368 e. The fourth-order valence-corrected chi connectivity index (χ4v) is 4.67. The van der Waals surface area contributed by atoms with Crippen molar-refractivity contribution in [3.05, 3.63) is 63.8 Å². The van der Waals surface area contributed by atoms with Gasteiger partial charge in [0.15, 0.2) is 0 Å². The summed E-state index contributed by atoms with van der Waals surface area (Å²) in [6.07, 6.45) is 5.91. The molecule has 3 aromatic heterocycles. The van der Waals surface area contributed by atoms with Gasteiger partial charge in [-0.2, -0.15) is 0 Å². The number of H-pyrrole nitrogens is 1. The first kappa shape index (κ1) is 21.7. The van der Waals surface area contributed by atoms with Gasteiger partial charge in [0.1, 0.15) is 21.4 Å². The SMILES string of the molecule is BC(B)(c1cnc2cc(C3CC3)c(=O)[nH]c2c1)N1CCN(c2ccc(C(=O)NC)nc2)CC1. The van der Waals surface area contributed by atoms with E-state index in [2.05, 4.69) is 46.8 Å². The van der Waals surface area contributed by atoms with Crippen LogP contribution in [0.5, 0.6) is 0 Å². The molecular formula is C23H28B2N6O2. The van der Waals surface area contributed by atoms with Crippen LogP contribution < -0.4 is 15.8 Å². The van der Waals surface area contributed by atoms with Crippen LogP contribution in [0.15, 0.2) is 41.5 Å². The summed E-state index contributed by atoms with van der Waals surface area (Å²) >= 11 is 0. The number of carbonyl (C=O) groups excluding carboxylic acids is 1. The number of nitrogens with zero attached hydrogens (tertiary/aromatic N) is 4. The van der Waals surface area contributed by atoms with Crippen molar-refractivity contribution in [3.8, 4) is 0 Å². The Morgan fingerprint density at radius 2 is 1.88 bits per heavy atom. The van der Waals surface area contributed by atoms with Gasteiger partial charge in [-0.1, -0.05) is 0 Å². The molecule has 1 amide bonds. The molecule has 0 radical (unpaired) electrons. The molecule has 1 aliphatic heterocycles. The van der Waals surface area contributed by atoms with Crippen molar-refractivity contribution in [2.45, 2.75) is 24.1 Å². The van der Waals surface area contributed by atoms with E-state index in [1.165, 1.54) is 0 Å². The lowest BCUT2D eigenvalue weighted by atomic mass is 9.57. The minimum Gasteiger partial charge on any atom is -0.368 e. The van der Waals surface area contributed by atoms with Gasteiger partial charge in [-0.15, -0.1) is 0 Å². The molecule has 3 aromatic rings. The van der Waals surface area contributed by atoms with Crippen molar-refractivity contribution in [1.82, 2.24) is 25.2 Å². The molecule has 2 fully saturated rings. The summed E-state index contributed by atoms with van der Waals surface area (Å²) in [5.41, 5.74) is 5.09. The van der Waals surface area contributed by atoms with Crippen LogP contribution in [0.3, 0.4) is 0 Å². The lowest BCUT2D eigenvalue weighted by Crippen LogP contribution is -2.56. The number of aromatic amines is 1. The van der Waals surface area contributed by atoms with Gasteiger partial charge in [0, 0.05) is 45.0 Å². The Bertz CT molecular complexity index is 1250. The molecule has 1 aliphatic carbocycles. The zero-order valence-electron chi connectivity index (χ0n) is 19.4. The van der Waals surface area contributed by atoms with Crippen LogP contribution in [0.4, 0.5) is 5.69 Å². The molecule has 0 aromatic carbocycles. The van der Waals surface area contributed by atoms with E-state index in [9.17, 15) is 9.59 Å². The van der Waals surface area contributed by atoms with Crippen LogP contribution in [0.1, 0.15) is 40.4 Å². The van der Waals surface area contributed by atoms with Crippen LogP contribution in [0.25, 0.3) is 11.0 Å². The van der Waals surface area contributed by atoms with E-state index in [0.29, 0.717) is 11.6 Å². The van der Waals surface area contributed by atoms with Crippen molar-refractivity contribution >= 4 is 38.3 Å². The lowest BCUT2D eigenvalue weighted by Gasteiger charge is -2.45. The summed E-state index contributed by atoms with van der Waals surface area (Å²) in [7, 11) is 6.02. The number of anilines is 1. The quantitative estimate of drug-likeness (QED) is 0.530. The maximum Gasteiger partial charge on any atom is 0.269 e. The van der Waals surface area contributed by atoms with Gasteiger partial charge in [0.25, 0.3) is 11.5 Å². The molecule has 33 heavy (non-hydrogen) atoms. The predicted molar refractivity (Wildman–Crippen MR) is 135 cm³/mol. The fourth-order valence-electron chi connectivity index (χ4n) is 4.67. The molecule has 0 atom stereocenters. The molecule has 0 unspecified atom stereocenters. The molecule has 2 N–H and O–H groups in total. The van der Waals surface area contributed by atoms with Crippen molar-refractivity contribution < 1.29 is 4.79 Å². The minimum absolute atomic E-state index is 0.0198. The standard InChI is InChI=1S/C23H28B2N6O2/c1-26-22(33)18-5-4-16(13-28-18)30-6-8-31(9-7-30)23(24,25)15-10-20-19(27-12-15)11-17(14-2-3-14)21(32)29-20/h4-5,10-14H,2-3,6-9,24-25H2,1H3,(H,26,33)(H,29,32). The van der Waals surface area contributed by atoms with Gasteiger partial charge < -0.3 is 20.1 Å². The summed E-state index contributed by atoms with van der Waals surface area (Å²) in [4.78, 5) is 41.0. The number of aromatic nitrogens is 3. The highest BCUT2D eigenvalue weighted by Gasteiger charge is 2.32. The monoisotopic (exact) mass is 442 g/mol. The summed E-state index contributed by atoms with van der Waals surface area (Å²) in [6, 6.07) is 7.76. The zero-order valence-corrected chi connectivity index (χ0v) is 19.4. The van der Waals surface area contributed by atoms with Crippen molar-refractivity contribution in [2.75, 3.05) is 38.1 Å². The Balaban J connectivity index is 1.30. The second-order valence-corrected chi connectivity index (χ2v) is 9.50. The molecule has 8 nitrogen and oxygen atoms in total. The number of hydrogen-bond donors (Lipinski definition) is 2. The van der Waals surface area contributed by atoms with E-state index >= 15 is 0 Å². The third-order valence-corrected chi connectivity index (χ3v) is 7.09. The number of fused-ring (bicyclic) bond motifs is 1.